The van der Waals surface area contributed by atoms with E-state index >= 15 is 0 Å². The summed E-state index contributed by atoms with van der Waals surface area (Å²) >= 11 is 6.00. The van der Waals surface area contributed by atoms with Crippen LogP contribution in [0.15, 0.2) is 60.7 Å². The average molecular weight is 495 g/mol. The van der Waals surface area contributed by atoms with Crippen LogP contribution in [0, 0.1) is 0 Å². The van der Waals surface area contributed by atoms with Crippen LogP contribution in [-0.4, -0.2) is 44.7 Å². The van der Waals surface area contributed by atoms with Gasteiger partial charge in [-0.3, -0.25) is 9.69 Å². The number of hydrogen-bond donors (Lipinski definition) is 1. The summed E-state index contributed by atoms with van der Waals surface area (Å²) in [4.78, 5) is 15.5. The second-order valence-corrected chi connectivity index (χ2v) is 9.12. The topological polar surface area (TPSA) is 60.0 Å². The minimum Gasteiger partial charge on any atom is -0.497 e. The molecule has 184 valence electrons. The fourth-order valence-corrected chi connectivity index (χ4v) is 4.85. The summed E-state index contributed by atoms with van der Waals surface area (Å²) in [6.45, 7) is 3.63. The molecule has 1 amide bonds. The molecule has 4 rings (SSSR count). The molecule has 1 heterocycles. The first-order valence-electron chi connectivity index (χ1n) is 11.6. The Hall–Kier alpha value is -3.22. The number of ether oxygens (including phenoxy) is 3. The first-order valence-corrected chi connectivity index (χ1v) is 12.0. The van der Waals surface area contributed by atoms with Gasteiger partial charge in [0.25, 0.3) is 5.91 Å². The zero-order valence-electron chi connectivity index (χ0n) is 20.5. The Morgan fingerprint density at radius 3 is 2.29 bits per heavy atom. The zero-order valence-corrected chi connectivity index (χ0v) is 21.3. The fourth-order valence-electron chi connectivity index (χ4n) is 4.73. The molecule has 0 spiro atoms. The number of nitrogens with one attached hydrogen (secondary N) is 1. The van der Waals surface area contributed by atoms with E-state index in [1.165, 1.54) is 11.1 Å². The molecule has 7 heteroatoms. The summed E-state index contributed by atoms with van der Waals surface area (Å²) in [6, 6.07) is 18.9. The van der Waals surface area contributed by atoms with Crippen molar-refractivity contribution in [3.8, 4) is 17.2 Å². The van der Waals surface area contributed by atoms with E-state index in [1.807, 2.05) is 25.1 Å². The van der Waals surface area contributed by atoms with Crippen molar-refractivity contribution < 1.29 is 19.0 Å². The Morgan fingerprint density at radius 2 is 1.66 bits per heavy atom. The van der Waals surface area contributed by atoms with Crippen LogP contribution in [0.4, 0.5) is 0 Å². The summed E-state index contributed by atoms with van der Waals surface area (Å²) < 4.78 is 16.5. The third-order valence-electron chi connectivity index (χ3n) is 6.51. The number of hydrogen-bond acceptors (Lipinski definition) is 5. The van der Waals surface area contributed by atoms with E-state index < -0.39 is 0 Å². The van der Waals surface area contributed by atoms with Crippen molar-refractivity contribution in [1.82, 2.24) is 10.2 Å². The molecule has 0 bridgehead atoms. The normalized spacial score (nSPS) is 16.2. The molecule has 0 aromatic heterocycles. The number of nitrogens with zero attached hydrogens (tertiary/aromatic N) is 1. The predicted molar refractivity (Wildman–Crippen MR) is 138 cm³/mol. The van der Waals surface area contributed by atoms with Crippen LogP contribution in [0.1, 0.15) is 40.0 Å². The van der Waals surface area contributed by atoms with Gasteiger partial charge in [0.1, 0.15) is 5.75 Å². The molecule has 2 atom stereocenters. The lowest BCUT2D eigenvalue weighted by Crippen LogP contribution is -2.47. The van der Waals surface area contributed by atoms with Crippen molar-refractivity contribution in [3.63, 3.8) is 0 Å². The number of rotatable bonds is 8. The van der Waals surface area contributed by atoms with Crippen molar-refractivity contribution in [2.75, 3.05) is 27.9 Å². The van der Waals surface area contributed by atoms with Crippen LogP contribution in [0.2, 0.25) is 5.02 Å². The molecule has 35 heavy (non-hydrogen) atoms. The standard InChI is InChI=1S/C28H31ClN2O4/c1-18(30-28(32)20-7-9-22(29)10-8-20)27-24-16-26(35-4)25(34-3)15-21(24)13-14-31(27)17-19-5-11-23(33-2)12-6-19/h5-12,15-16,18,27H,13-14,17H2,1-4H3,(H,30,32). The first kappa shape index (κ1) is 24.9. The van der Waals surface area contributed by atoms with Crippen LogP contribution in [0.3, 0.4) is 0 Å². The maximum Gasteiger partial charge on any atom is 0.251 e. The highest BCUT2D eigenvalue weighted by molar-refractivity contribution is 6.30. The SMILES string of the molecule is COc1ccc(CN2CCc3cc(OC)c(OC)cc3C2C(C)NC(=O)c2ccc(Cl)cc2)cc1. The maximum atomic E-state index is 13.0. The third-order valence-corrected chi connectivity index (χ3v) is 6.76. The van der Waals surface area contributed by atoms with Crippen molar-refractivity contribution in [2.24, 2.45) is 0 Å². The molecule has 1 aliphatic heterocycles. The molecule has 1 aliphatic rings. The van der Waals surface area contributed by atoms with Gasteiger partial charge in [-0.1, -0.05) is 23.7 Å². The van der Waals surface area contributed by atoms with Crippen molar-refractivity contribution in [3.05, 3.63) is 87.9 Å². The smallest absolute Gasteiger partial charge is 0.251 e. The number of methoxy groups -OCH3 is 3. The number of carbonyl (C=O) groups excluding carboxylic acids is 1. The summed E-state index contributed by atoms with van der Waals surface area (Å²) in [7, 11) is 4.96. The summed E-state index contributed by atoms with van der Waals surface area (Å²) in [5.74, 6) is 2.09. The molecule has 3 aromatic rings. The summed E-state index contributed by atoms with van der Waals surface area (Å²) in [5, 5.41) is 3.81. The second kappa shape index (κ2) is 11.0. The Morgan fingerprint density at radius 1 is 1.00 bits per heavy atom. The van der Waals surface area contributed by atoms with E-state index in [9.17, 15) is 4.79 Å². The van der Waals surface area contributed by atoms with Crippen LogP contribution in [0.25, 0.3) is 0 Å². The van der Waals surface area contributed by atoms with Gasteiger partial charge in [-0.15, -0.1) is 0 Å². The largest absolute Gasteiger partial charge is 0.497 e. The molecular formula is C28H31ClN2O4. The minimum atomic E-state index is -0.173. The van der Waals surface area contributed by atoms with E-state index in [0.29, 0.717) is 22.1 Å². The molecule has 0 fully saturated rings. The van der Waals surface area contributed by atoms with Gasteiger partial charge in [0.05, 0.1) is 27.4 Å². The van der Waals surface area contributed by atoms with Gasteiger partial charge in [0, 0.05) is 29.7 Å². The van der Waals surface area contributed by atoms with Gasteiger partial charge in [-0.25, -0.2) is 0 Å². The van der Waals surface area contributed by atoms with Crippen LogP contribution in [0.5, 0.6) is 17.2 Å². The average Bonchev–Trinajstić information content (AvgIpc) is 2.88. The van der Waals surface area contributed by atoms with E-state index in [2.05, 4.69) is 28.4 Å². The van der Waals surface area contributed by atoms with Crippen LogP contribution >= 0.6 is 11.6 Å². The first-order chi connectivity index (χ1) is 16.9. The molecule has 0 saturated carbocycles. The molecule has 0 aliphatic carbocycles. The van der Waals surface area contributed by atoms with E-state index in [0.717, 1.165) is 30.8 Å². The van der Waals surface area contributed by atoms with Gasteiger partial charge in [-0.2, -0.15) is 0 Å². The molecule has 0 radical (unpaired) electrons. The fraction of sp³-hybridized carbons (Fsp3) is 0.321. The second-order valence-electron chi connectivity index (χ2n) is 8.69. The predicted octanol–water partition coefficient (Wildman–Crippen LogP) is 5.28. The van der Waals surface area contributed by atoms with Crippen molar-refractivity contribution >= 4 is 17.5 Å². The Balaban J connectivity index is 1.66. The lowest BCUT2D eigenvalue weighted by molar-refractivity contribution is 0.0877. The lowest BCUT2D eigenvalue weighted by Gasteiger charge is -2.41. The van der Waals surface area contributed by atoms with Crippen LogP contribution < -0.4 is 19.5 Å². The highest BCUT2D eigenvalue weighted by Gasteiger charge is 2.34. The molecule has 3 aromatic carbocycles. The number of carbonyl (C=O) groups is 1. The Bertz CT molecular complexity index is 1160. The van der Waals surface area contributed by atoms with Crippen LogP contribution in [-0.2, 0) is 13.0 Å². The number of halogens is 1. The van der Waals surface area contributed by atoms with E-state index in [-0.39, 0.29) is 18.0 Å². The number of fused-ring (bicyclic) bond motifs is 1. The monoisotopic (exact) mass is 494 g/mol. The molecule has 0 saturated heterocycles. The van der Waals surface area contributed by atoms with Gasteiger partial charge >= 0.3 is 0 Å². The number of amides is 1. The molecule has 6 nitrogen and oxygen atoms in total. The Kier molecular flexibility index (Phi) is 7.83. The zero-order chi connectivity index (χ0) is 24.9. The molecule has 2 unspecified atom stereocenters. The van der Waals surface area contributed by atoms with Gasteiger partial charge < -0.3 is 19.5 Å². The minimum absolute atomic E-state index is 0.0584. The van der Waals surface area contributed by atoms with E-state index in [4.69, 9.17) is 25.8 Å². The maximum absolute atomic E-state index is 13.0. The molecular weight excluding hydrogens is 464 g/mol. The summed E-state index contributed by atoms with van der Waals surface area (Å²) in [6.07, 6.45) is 0.875. The van der Waals surface area contributed by atoms with Gasteiger partial charge in [-0.05, 0) is 78.6 Å². The third kappa shape index (κ3) is 5.55. The lowest BCUT2D eigenvalue weighted by atomic mass is 9.87. The highest BCUT2D eigenvalue weighted by Crippen LogP contribution is 2.40. The van der Waals surface area contributed by atoms with Crippen molar-refractivity contribution in [1.29, 1.82) is 0 Å². The highest BCUT2D eigenvalue weighted by atomic mass is 35.5. The quantitative estimate of drug-likeness (QED) is 0.461. The Labute approximate surface area is 211 Å². The number of benzene rings is 3. The molecule has 1 N–H and O–H groups in total. The van der Waals surface area contributed by atoms with Gasteiger partial charge in [0.15, 0.2) is 11.5 Å². The van der Waals surface area contributed by atoms with Crippen molar-refractivity contribution in [2.45, 2.75) is 32.0 Å². The van der Waals surface area contributed by atoms with Gasteiger partial charge in [0.2, 0.25) is 0 Å². The van der Waals surface area contributed by atoms with E-state index in [1.54, 1.807) is 45.6 Å². The summed E-state index contributed by atoms with van der Waals surface area (Å²) in [5.41, 5.74) is 4.08.